The van der Waals surface area contributed by atoms with Crippen molar-refractivity contribution in [2.45, 2.75) is 49.4 Å². The van der Waals surface area contributed by atoms with Crippen molar-refractivity contribution in [3.63, 3.8) is 0 Å². The maximum atomic E-state index is 10.0. The zero-order valence-corrected chi connectivity index (χ0v) is 21.7. The molecule has 0 aliphatic carbocycles. The van der Waals surface area contributed by atoms with Gasteiger partial charge in [0.15, 0.2) is 5.82 Å². The van der Waals surface area contributed by atoms with Crippen molar-refractivity contribution < 1.29 is 47.6 Å². The molecule has 0 bridgehead atoms. The Balaban J connectivity index is 1.69. The SMILES string of the molecule is COP(=S)(OCC1OC(N)C(O)C1O)O[C@@H]1CC(Nc2nc(N)[nH]c(=S)c2N)OC1COP(O)O. The molecule has 3 rings (SSSR count). The topological polar surface area (TPSA) is 255 Å². The fraction of sp³-hybridized carbons (Fsp3) is 0.733. The van der Waals surface area contributed by atoms with Crippen LogP contribution in [-0.4, -0.2) is 93.3 Å². The van der Waals surface area contributed by atoms with Crippen LogP contribution in [0, 0.1) is 4.64 Å². The molecule has 35 heavy (non-hydrogen) atoms. The molecule has 1 aromatic rings. The van der Waals surface area contributed by atoms with E-state index in [4.69, 9.17) is 78.6 Å². The number of aromatic nitrogens is 2. The Morgan fingerprint density at radius 1 is 1.23 bits per heavy atom. The number of hydrogen-bond donors (Lipinski definition) is 9. The van der Waals surface area contributed by atoms with Crippen molar-refractivity contribution in [1.82, 2.24) is 9.97 Å². The first-order chi connectivity index (χ1) is 16.4. The Morgan fingerprint density at radius 2 is 1.94 bits per heavy atom. The third-order valence-corrected chi connectivity index (χ3v) is 8.28. The standard InChI is InChI=1S/C15H28N6O10P2S2/c1-26-33(35,28-4-7-10(22)11(23)12(17)30-7)31-5-2-8(29-6(5)3-27-32(24)25)19-13-9(16)14(34)21-15(18)20-13/h5-8,10-12,22-25H,2-4,16-17H2,1H3,(H4,18,19,20,21,34)/t5-,6?,7?,8?,10?,11?,12?,33?/m1/s1. The molecule has 2 aliphatic heterocycles. The first-order valence-corrected chi connectivity index (χ1v) is 14.2. The van der Waals surface area contributed by atoms with E-state index in [0.717, 1.165) is 0 Å². The second kappa shape index (κ2) is 12.3. The van der Waals surface area contributed by atoms with E-state index in [1.54, 1.807) is 0 Å². The number of nitrogens with zero attached hydrogens (tertiary/aromatic N) is 1. The molecule has 2 saturated heterocycles. The van der Waals surface area contributed by atoms with Crippen molar-refractivity contribution in [1.29, 1.82) is 0 Å². The Labute approximate surface area is 211 Å². The monoisotopic (exact) mass is 578 g/mol. The number of aliphatic hydroxyl groups is 2. The maximum Gasteiger partial charge on any atom is 0.327 e. The van der Waals surface area contributed by atoms with Crippen molar-refractivity contribution in [2.24, 2.45) is 5.73 Å². The highest BCUT2D eigenvalue weighted by Crippen LogP contribution is 2.52. The maximum absolute atomic E-state index is 10.0. The molecule has 2 aliphatic rings. The lowest BCUT2D eigenvalue weighted by atomic mass is 10.1. The summed E-state index contributed by atoms with van der Waals surface area (Å²) < 4.78 is 33.1. The van der Waals surface area contributed by atoms with E-state index in [9.17, 15) is 10.2 Å². The van der Waals surface area contributed by atoms with Crippen molar-refractivity contribution in [2.75, 3.05) is 37.1 Å². The van der Waals surface area contributed by atoms with E-state index in [2.05, 4.69) is 15.3 Å². The molecule has 1 aromatic heterocycles. The molecular weight excluding hydrogens is 550 g/mol. The summed E-state index contributed by atoms with van der Waals surface area (Å²) in [6.45, 7) is -3.96. The summed E-state index contributed by atoms with van der Waals surface area (Å²) in [7, 11) is -1.38. The summed E-state index contributed by atoms with van der Waals surface area (Å²) in [5.74, 6) is 0.209. The van der Waals surface area contributed by atoms with Crippen LogP contribution in [-0.2, 0) is 39.4 Å². The number of H-pyrrole nitrogens is 1. The van der Waals surface area contributed by atoms with Gasteiger partial charge in [-0.1, -0.05) is 12.2 Å². The molecule has 3 heterocycles. The first kappa shape index (κ1) is 28.9. The molecule has 0 amide bonds. The van der Waals surface area contributed by atoms with Gasteiger partial charge < -0.3 is 75.1 Å². The van der Waals surface area contributed by atoms with Crippen LogP contribution in [0.5, 0.6) is 0 Å². The van der Waals surface area contributed by atoms with Crippen molar-refractivity contribution >= 4 is 56.8 Å². The summed E-state index contributed by atoms with van der Waals surface area (Å²) in [6, 6.07) is 0. The van der Waals surface area contributed by atoms with Crippen LogP contribution in [0.2, 0.25) is 0 Å². The highest BCUT2D eigenvalue weighted by Gasteiger charge is 2.44. The number of anilines is 3. The number of aromatic amines is 1. The minimum Gasteiger partial charge on any atom is -0.393 e. The zero-order valence-electron chi connectivity index (χ0n) is 18.3. The number of nitrogens with one attached hydrogen (secondary N) is 2. The van der Waals surface area contributed by atoms with Gasteiger partial charge in [-0.25, -0.2) is 0 Å². The summed E-state index contributed by atoms with van der Waals surface area (Å²) in [5, 5.41) is 22.7. The molecule has 2 fully saturated rings. The Morgan fingerprint density at radius 3 is 2.54 bits per heavy atom. The van der Waals surface area contributed by atoms with Gasteiger partial charge in [-0.05, 0) is 11.8 Å². The normalized spacial score (nSPS) is 32.7. The molecule has 20 heteroatoms. The van der Waals surface area contributed by atoms with E-state index < -0.39 is 58.3 Å². The molecule has 0 aromatic carbocycles. The van der Waals surface area contributed by atoms with Gasteiger partial charge in [-0.3, -0.25) is 0 Å². The molecule has 16 nitrogen and oxygen atoms in total. The Hall–Kier alpha value is -0.660. The van der Waals surface area contributed by atoms with Gasteiger partial charge in [0.2, 0.25) is 5.95 Å². The molecule has 200 valence electrons. The number of nitrogen functional groups attached to an aromatic ring is 2. The van der Waals surface area contributed by atoms with Gasteiger partial charge in [0.25, 0.3) is 0 Å². The fourth-order valence-corrected chi connectivity index (χ4v) is 5.47. The van der Waals surface area contributed by atoms with Gasteiger partial charge in [-0.2, -0.15) is 4.98 Å². The van der Waals surface area contributed by atoms with E-state index in [1.165, 1.54) is 7.11 Å². The number of rotatable bonds is 11. The van der Waals surface area contributed by atoms with Crippen molar-refractivity contribution in [3.05, 3.63) is 4.64 Å². The number of aliphatic hydroxyl groups excluding tert-OH is 2. The summed E-state index contributed by atoms with van der Waals surface area (Å²) in [6.07, 6.45) is -6.82. The predicted octanol–water partition coefficient (Wildman–Crippen LogP) is -1.26. The van der Waals surface area contributed by atoms with Crippen LogP contribution in [0.15, 0.2) is 0 Å². The first-order valence-electron chi connectivity index (χ1n) is 10.1. The van der Waals surface area contributed by atoms with E-state index in [-0.39, 0.29) is 41.7 Å². The number of ether oxygens (including phenoxy) is 2. The summed E-state index contributed by atoms with van der Waals surface area (Å²) >= 11 is 10.5. The predicted molar refractivity (Wildman–Crippen MR) is 129 cm³/mol. The molecule has 0 radical (unpaired) electrons. The largest absolute Gasteiger partial charge is 0.393 e. The van der Waals surface area contributed by atoms with Gasteiger partial charge in [0.05, 0.1) is 19.3 Å². The Kier molecular flexibility index (Phi) is 10.1. The van der Waals surface area contributed by atoms with Gasteiger partial charge in [-0.15, -0.1) is 0 Å². The lowest BCUT2D eigenvalue weighted by Gasteiger charge is -2.27. The highest BCUT2D eigenvalue weighted by atomic mass is 32.5. The highest BCUT2D eigenvalue weighted by molar-refractivity contribution is 8.07. The molecule has 0 saturated carbocycles. The van der Waals surface area contributed by atoms with E-state index in [1.807, 2.05) is 0 Å². The molecule has 7 unspecified atom stereocenters. The van der Waals surface area contributed by atoms with Crippen LogP contribution >= 0.6 is 27.5 Å². The van der Waals surface area contributed by atoms with Crippen LogP contribution in [0.1, 0.15) is 6.42 Å². The Bertz CT molecular complexity index is 979. The number of hydrogen-bond acceptors (Lipinski definition) is 17. The second-order valence-corrected chi connectivity index (χ2v) is 11.7. The molecule has 12 N–H and O–H groups in total. The fourth-order valence-electron chi connectivity index (χ4n) is 3.34. The lowest BCUT2D eigenvalue weighted by molar-refractivity contribution is -0.0289. The molecular formula is C15H28N6O10P2S2. The minimum atomic E-state index is -3.43. The van der Waals surface area contributed by atoms with E-state index in [0.29, 0.717) is 0 Å². The second-order valence-electron chi connectivity index (χ2n) is 7.49. The smallest absolute Gasteiger partial charge is 0.327 e. The average molecular weight is 579 g/mol. The number of nitrogens with two attached hydrogens (primary N) is 3. The third-order valence-electron chi connectivity index (χ3n) is 5.11. The van der Waals surface area contributed by atoms with Crippen LogP contribution < -0.4 is 22.5 Å². The molecule has 0 spiro atoms. The lowest BCUT2D eigenvalue weighted by Crippen LogP contribution is -2.37. The van der Waals surface area contributed by atoms with Crippen LogP contribution in [0.4, 0.5) is 17.5 Å². The van der Waals surface area contributed by atoms with Crippen molar-refractivity contribution in [3.8, 4) is 0 Å². The summed E-state index contributed by atoms with van der Waals surface area (Å²) in [5.41, 5.74) is 17.4. The third kappa shape index (κ3) is 7.44. The van der Waals surface area contributed by atoms with Gasteiger partial charge >= 0.3 is 15.3 Å². The van der Waals surface area contributed by atoms with E-state index >= 15 is 0 Å². The average Bonchev–Trinajstić information content (AvgIpc) is 3.28. The molecule has 8 atom stereocenters. The van der Waals surface area contributed by atoms with Gasteiger partial charge in [0, 0.05) is 13.5 Å². The summed E-state index contributed by atoms with van der Waals surface area (Å²) in [4.78, 5) is 25.0. The van der Waals surface area contributed by atoms with Gasteiger partial charge in [0.1, 0.15) is 47.2 Å². The minimum absolute atomic E-state index is 0.0352. The van der Waals surface area contributed by atoms with Crippen LogP contribution in [0.3, 0.4) is 0 Å². The quantitative estimate of drug-likeness (QED) is 0.110. The van der Waals surface area contributed by atoms with Crippen LogP contribution in [0.25, 0.3) is 0 Å². The zero-order chi connectivity index (χ0) is 25.9.